The summed E-state index contributed by atoms with van der Waals surface area (Å²) in [5.41, 5.74) is 3.85. The number of aryl methyl sites for hydroxylation is 2. The Morgan fingerprint density at radius 3 is 2.14 bits per heavy atom. The van der Waals surface area contributed by atoms with E-state index < -0.39 is 10.0 Å². The zero-order valence-electron chi connectivity index (χ0n) is 17.8. The second-order valence-corrected chi connectivity index (χ2v) is 8.99. The highest BCUT2D eigenvalue weighted by Crippen LogP contribution is 2.32. The molecule has 2 rings (SSSR count). The normalized spacial score (nSPS) is 12.9. The van der Waals surface area contributed by atoms with Crippen molar-refractivity contribution in [2.45, 2.75) is 57.9 Å². The molecule has 6 heteroatoms. The van der Waals surface area contributed by atoms with E-state index in [0.717, 1.165) is 28.0 Å². The lowest BCUT2D eigenvalue weighted by atomic mass is 9.94. The fourth-order valence-corrected chi connectivity index (χ4v) is 4.65. The first-order valence-corrected chi connectivity index (χ1v) is 11.0. The van der Waals surface area contributed by atoms with Crippen LogP contribution in [0.3, 0.4) is 0 Å². The van der Waals surface area contributed by atoms with Crippen molar-refractivity contribution in [3.05, 3.63) is 52.6 Å². The summed E-state index contributed by atoms with van der Waals surface area (Å²) in [6.07, 6.45) is 0.692. The third-order valence-electron chi connectivity index (χ3n) is 4.98. The number of benzene rings is 2. The molecule has 5 nitrogen and oxygen atoms in total. The van der Waals surface area contributed by atoms with Gasteiger partial charge in [-0.2, -0.15) is 0 Å². The average Bonchev–Trinajstić information content (AvgIpc) is 2.66. The summed E-state index contributed by atoms with van der Waals surface area (Å²) in [5.74, 6) is 1.79. The lowest BCUT2D eigenvalue weighted by molar-refractivity contribution is 0.406. The van der Waals surface area contributed by atoms with Crippen molar-refractivity contribution in [2.75, 3.05) is 14.2 Å². The van der Waals surface area contributed by atoms with Gasteiger partial charge in [0.25, 0.3) is 0 Å². The second kappa shape index (κ2) is 8.97. The maximum absolute atomic E-state index is 13.0. The lowest BCUT2D eigenvalue weighted by Crippen LogP contribution is -2.27. The Kier molecular flexibility index (Phi) is 7.12. The SMILES string of the molecule is CCc1cc(S(=O)(=O)NC(C)c2cc(C(C)C)c(OC)cc2C)ccc1OC. The summed E-state index contributed by atoms with van der Waals surface area (Å²) >= 11 is 0. The molecule has 0 heterocycles. The summed E-state index contributed by atoms with van der Waals surface area (Å²) in [5, 5.41) is 0. The molecule has 0 fully saturated rings. The molecular formula is C22H31NO4S. The quantitative estimate of drug-likeness (QED) is 0.689. The van der Waals surface area contributed by atoms with E-state index in [4.69, 9.17) is 9.47 Å². The molecule has 0 spiro atoms. The van der Waals surface area contributed by atoms with Crippen molar-refractivity contribution in [3.8, 4) is 11.5 Å². The van der Waals surface area contributed by atoms with Gasteiger partial charge in [0.2, 0.25) is 10.0 Å². The third-order valence-corrected chi connectivity index (χ3v) is 6.52. The van der Waals surface area contributed by atoms with E-state index in [1.807, 2.05) is 32.9 Å². The van der Waals surface area contributed by atoms with Gasteiger partial charge in [-0.25, -0.2) is 13.1 Å². The summed E-state index contributed by atoms with van der Waals surface area (Å²) < 4.78 is 39.5. The molecule has 0 saturated heterocycles. The van der Waals surface area contributed by atoms with Crippen LogP contribution in [0.25, 0.3) is 0 Å². The van der Waals surface area contributed by atoms with Crippen molar-refractivity contribution >= 4 is 10.0 Å². The molecule has 0 aliphatic rings. The highest BCUT2D eigenvalue weighted by Gasteiger charge is 2.22. The maximum Gasteiger partial charge on any atom is 0.241 e. The Hall–Kier alpha value is -2.05. The fraction of sp³-hybridized carbons (Fsp3) is 0.455. The van der Waals surface area contributed by atoms with Crippen LogP contribution in [0.5, 0.6) is 11.5 Å². The van der Waals surface area contributed by atoms with Gasteiger partial charge in [0.1, 0.15) is 11.5 Å². The van der Waals surface area contributed by atoms with Crippen LogP contribution in [0.1, 0.15) is 61.9 Å². The molecule has 0 bridgehead atoms. The van der Waals surface area contributed by atoms with Gasteiger partial charge in [0.05, 0.1) is 19.1 Å². The molecule has 1 N–H and O–H groups in total. The van der Waals surface area contributed by atoms with Crippen molar-refractivity contribution < 1.29 is 17.9 Å². The van der Waals surface area contributed by atoms with Gasteiger partial charge >= 0.3 is 0 Å². The van der Waals surface area contributed by atoms with Crippen LogP contribution in [0.4, 0.5) is 0 Å². The Morgan fingerprint density at radius 2 is 1.61 bits per heavy atom. The summed E-state index contributed by atoms with van der Waals surface area (Å²) in [6.45, 7) is 9.99. The molecule has 0 aromatic heterocycles. The average molecular weight is 406 g/mol. The van der Waals surface area contributed by atoms with Crippen LogP contribution < -0.4 is 14.2 Å². The Balaban J connectivity index is 2.38. The number of ether oxygens (including phenoxy) is 2. The topological polar surface area (TPSA) is 64.6 Å². The van der Waals surface area contributed by atoms with Gasteiger partial charge in [-0.05, 0) is 78.8 Å². The Morgan fingerprint density at radius 1 is 0.964 bits per heavy atom. The van der Waals surface area contributed by atoms with E-state index >= 15 is 0 Å². The van der Waals surface area contributed by atoms with Gasteiger partial charge in [0.15, 0.2) is 0 Å². The first-order chi connectivity index (χ1) is 13.1. The van der Waals surface area contributed by atoms with Crippen molar-refractivity contribution in [3.63, 3.8) is 0 Å². The number of nitrogens with one attached hydrogen (secondary N) is 1. The molecule has 2 aromatic rings. The highest BCUT2D eigenvalue weighted by molar-refractivity contribution is 7.89. The molecule has 0 aliphatic carbocycles. The van der Waals surface area contributed by atoms with Crippen LogP contribution in [0.2, 0.25) is 0 Å². The minimum absolute atomic E-state index is 0.243. The van der Waals surface area contributed by atoms with Crippen LogP contribution in [-0.2, 0) is 16.4 Å². The summed E-state index contributed by atoms with van der Waals surface area (Å²) in [6, 6.07) is 8.59. The largest absolute Gasteiger partial charge is 0.496 e. The number of hydrogen-bond acceptors (Lipinski definition) is 4. The van der Waals surface area contributed by atoms with Gasteiger partial charge < -0.3 is 9.47 Å². The van der Waals surface area contributed by atoms with E-state index in [9.17, 15) is 8.42 Å². The van der Waals surface area contributed by atoms with E-state index in [1.165, 1.54) is 0 Å². The van der Waals surface area contributed by atoms with E-state index in [2.05, 4.69) is 18.6 Å². The predicted molar refractivity (Wildman–Crippen MR) is 113 cm³/mol. The van der Waals surface area contributed by atoms with Crippen LogP contribution in [0.15, 0.2) is 35.2 Å². The Labute approximate surface area is 169 Å². The number of sulfonamides is 1. The van der Waals surface area contributed by atoms with Crippen LogP contribution in [-0.4, -0.2) is 22.6 Å². The number of methoxy groups -OCH3 is 2. The molecule has 0 saturated carbocycles. The van der Waals surface area contributed by atoms with Crippen molar-refractivity contribution in [1.82, 2.24) is 4.72 Å². The minimum Gasteiger partial charge on any atom is -0.496 e. The van der Waals surface area contributed by atoms with E-state index in [0.29, 0.717) is 12.2 Å². The highest BCUT2D eigenvalue weighted by atomic mass is 32.2. The first kappa shape index (κ1) is 22.2. The smallest absolute Gasteiger partial charge is 0.241 e. The molecule has 0 radical (unpaired) electrons. The maximum atomic E-state index is 13.0. The molecule has 154 valence electrons. The van der Waals surface area contributed by atoms with Crippen LogP contribution in [0, 0.1) is 6.92 Å². The van der Waals surface area contributed by atoms with Crippen LogP contribution >= 0.6 is 0 Å². The van der Waals surface area contributed by atoms with Crippen molar-refractivity contribution in [2.24, 2.45) is 0 Å². The minimum atomic E-state index is -3.67. The standard InChI is InChI=1S/C22H31NO4S/c1-8-17-12-18(9-10-21(17)26-6)28(24,25)23-16(5)20-13-19(14(2)3)22(27-7)11-15(20)4/h9-14,16,23H,8H2,1-7H3. The third kappa shape index (κ3) is 4.67. The molecular weight excluding hydrogens is 374 g/mol. The molecule has 0 amide bonds. The number of rotatable bonds is 8. The fourth-order valence-electron chi connectivity index (χ4n) is 3.37. The Bertz CT molecular complexity index is 936. The molecule has 1 unspecified atom stereocenters. The van der Waals surface area contributed by atoms with Crippen molar-refractivity contribution in [1.29, 1.82) is 0 Å². The van der Waals surface area contributed by atoms with E-state index in [1.54, 1.807) is 32.4 Å². The molecule has 28 heavy (non-hydrogen) atoms. The number of hydrogen-bond donors (Lipinski definition) is 1. The van der Waals surface area contributed by atoms with Gasteiger partial charge in [0, 0.05) is 6.04 Å². The zero-order valence-corrected chi connectivity index (χ0v) is 18.6. The summed E-state index contributed by atoms with van der Waals surface area (Å²) in [7, 11) is -0.428. The van der Waals surface area contributed by atoms with Gasteiger partial charge in [-0.3, -0.25) is 0 Å². The van der Waals surface area contributed by atoms with E-state index in [-0.39, 0.29) is 16.9 Å². The molecule has 2 aromatic carbocycles. The predicted octanol–water partition coefficient (Wildman–Crippen LogP) is 4.74. The van der Waals surface area contributed by atoms with Gasteiger partial charge in [-0.1, -0.05) is 20.8 Å². The van der Waals surface area contributed by atoms with Gasteiger partial charge in [-0.15, -0.1) is 0 Å². The zero-order chi connectivity index (χ0) is 21.1. The lowest BCUT2D eigenvalue weighted by Gasteiger charge is -2.21. The second-order valence-electron chi connectivity index (χ2n) is 7.28. The monoisotopic (exact) mass is 405 g/mol. The summed E-state index contributed by atoms with van der Waals surface area (Å²) in [4.78, 5) is 0.243. The molecule has 0 aliphatic heterocycles. The first-order valence-electron chi connectivity index (χ1n) is 9.52. The molecule has 1 atom stereocenters.